The van der Waals surface area contributed by atoms with E-state index in [4.69, 9.17) is 9.47 Å². The fourth-order valence-electron chi connectivity index (χ4n) is 2.39. The van der Waals surface area contributed by atoms with Gasteiger partial charge in [0.25, 0.3) is 0 Å². The summed E-state index contributed by atoms with van der Waals surface area (Å²) >= 11 is 1.43. The number of benzene rings is 1. The van der Waals surface area contributed by atoms with Gasteiger partial charge in [0.05, 0.1) is 19.5 Å². The molecule has 0 saturated heterocycles. The molecular weight excluding hydrogens is 290 g/mol. The molecule has 0 aliphatic heterocycles. The zero-order chi connectivity index (χ0) is 15.0. The van der Waals surface area contributed by atoms with E-state index in [1.807, 2.05) is 17.7 Å². The van der Waals surface area contributed by atoms with Gasteiger partial charge in [0.2, 0.25) is 0 Å². The molecule has 0 bridgehead atoms. The van der Waals surface area contributed by atoms with Crippen molar-refractivity contribution < 1.29 is 14.3 Å². The minimum absolute atomic E-state index is 0.0963. The van der Waals surface area contributed by atoms with E-state index in [0.29, 0.717) is 23.5 Å². The molecule has 1 aliphatic rings. The molecule has 3 rings (SSSR count). The predicted molar refractivity (Wildman–Crippen MR) is 78.2 cm³/mol. The van der Waals surface area contributed by atoms with Gasteiger partial charge in [-0.05, 0) is 24.1 Å². The fourth-order valence-corrected chi connectivity index (χ4v) is 3.45. The highest BCUT2D eigenvalue weighted by molar-refractivity contribution is 8.00. The summed E-state index contributed by atoms with van der Waals surface area (Å²) in [5.74, 6) is 1.32. The van der Waals surface area contributed by atoms with Crippen LogP contribution in [-0.4, -0.2) is 40.0 Å². The number of thioether (sulfide) groups is 1. The van der Waals surface area contributed by atoms with Gasteiger partial charge in [-0.15, -0.1) is 10.2 Å². The first kappa shape index (κ1) is 13.9. The van der Waals surface area contributed by atoms with Gasteiger partial charge in [-0.2, -0.15) is 0 Å². The van der Waals surface area contributed by atoms with Gasteiger partial charge < -0.3 is 14.0 Å². The SMILES string of the molecule is COc1cc2c(cc1OC)C(=O)[C@H](Sc1nncn1C)C2. The van der Waals surface area contributed by atoms with Crippen LogP contribution in [0.3, 0.4) is 0 Å². The van der Waals surface area contributed by atoms with Crippen molar-refractivity contribution in [2.45, 2.75) is 16.8 Å². The molecule has 0 saturated carbocycles. The minimum atomic E-state index is -0.181. The third kappa shape index (κ3) is 2.37. The van der Waals surface area contributed by atoms with Crippen LogP contribution >= 0.6 is 11.8 Å². The Bertz CT molecular complexity index is 699. The van der Waals surface area contributed by atoms with Gasteiger partial charge in [-0.3, -0.25) is 4.79 Å². The van der Waals surface area contributed by atoms with Crippen LogP contribution in [0.5, 0.6) is 11.5 Å². The number of methoxy groups -OCH3 is 2. The average Bonchev–Trinajstić information content (AvgIpc) is 3.03. The monoisotopic (exact) mass is 305 g/mol. The standard InChI is InChI=1S/C14H15N3O3S/c1-17-7-15-16-14(17)21-12-5-8-4-10(19-2)11(20-3)6-9(8)13(12)18/h4,6-7,12H,5H2,1-3H3/t12-/m1/s1. The van der Waals surface area contributed by atoms with Crippen molar-refractivity contribution in [3.05, 3.63) is 29.6 Å². The summed E-state index contributed by atoms with van der Waals surface area (Å²) in [6.45, 7) is 0. The van der Waals surface area contributed by atoms with E-state index in [2.05, 4.69) is 10.2 Å². The second kappa shape index (κ2) is 5.40. The number of carbonyl (C=O) groups is 1. The van der Waals surface area contributed by atoms with Crippen molar-refractivity contribution in [1.82, 2.24) is 14.8 Å². The van der Waals surface area contributed by atoms with Crippen LogP contribution < -0.4 is 9.47 Å². The van der Waals surface area contributed by atoms with Gasteiger partial charge >= 0.3 is 0 Å². The third-order valence-electron chi connectivity index (χ3n) is 3.49. The van der Waals surface area contributed by atoms with Crippen molar-refractivity contribution in [2.75, 3.05) is 14.2 Å². The lowest BCUT2D eigenvalue weighted by atomic mass is 10.1. The van der Waals surface area contributed by atoms with Crippen LogP contribution in [-0.2, 0) is 13.5 Å². The van der Waals surface area contributed by atoms with E-state index >= 15 is 0 Å². The van der Waals surface area contributed by atoms with Crippen molar-refractivity contribution >= 4 is 17.5 Å². The lowest BCUT2D eigenvalue weighted by Crippen LogP contribution is -2.12. The number of hydrogen-bond donors (Lipinski definition) is 0. The number of fused-ring (bicyclic) bond motifs is 1. The predicted octanol–water partition coefficient (Wildman–Crippen LogP) is 1.73. The minimum Gasteiger partial charge on any atom is -0.493 e. The molecule has 0 unspecified atom stereocenters. The average molecular weight is 305 g/mol. The summed E-state index contributed by atoms with van der Waals surface area (Å²) in [4.78, 5) is 12.5. The summed E-state index contributed by atoms with van der Waals surface area (Å²) < 4.78 is 12.4. The molecule has 1 aliphatic carbocycles. The topological polar surface area (TPSA) is 66.2 Å². The van der Waals surface area contributed by atoms with Crippen molar-refractivity contribution in [3.8, 4) is 11.5 Å². The van der Waals surface area contributed by atoms with Crippen LogP contribution in [0.4, 0.5) is 0 Å². The smallest absolute Gasteiger partial charge is 0.191 e. The fraction of sp³-hybridized carbons (Fsp3) is 0.357. The van der Waals surface area contributed by atoms with E-state index < -0.39 is 0 Å². The normalized spacial score (nSPS) is 16.9. The number of ether oxygens (including phenoxy) is 2. The molecule has 1 aromatic heterocycles. The third-order valence-corrected chi connectivity index (χ3v) is 4.74. The van der Waals surface area contributed by atoms with Crippen molar-refractivity contribution in [3.63, 3.8) is 0 Å². The Kier molecular flexibility index (Phi) is 3.59. The number of nitrogens with zero attached hydrogens (tertiary/aromatic N) is 3. The molecule has 0 radical (unpaired) electrons. The molecule has 7 heteroatoms. The Morgan fingerprint density at radius 2 is 2.00 bits per heavy atom. The summed E-state index contributed by atoms with van der Waals surface area (Å²) in [5.41, 5.74) is 1.68. The zero-order valence-electron chi connectivity index (χ0n) is 12.0. The lowest BCUT2D eigenvalue weighted by Gasteiger charge is -2.09. The van der Waals surface area contributed by atoms with Gasteiger partial charge in [0, 0.05) is 12.6 Å². The first-order chi connectivity index (χ1) is 10.1. The molecule has 1 aromatic carbocycles. The molecule has 0 N–H and O–H groups in total. The largest absolute Gasteiger partial charge is 0.493 e. The van der Waals surface area contributed by atoms with Gasteiger partial charge in [0.15, 0.2) is 22.4 Å². The highest BCUT2D eigenvalue weighted by atomic mass is 32.2. The number of Topliss-reactive ketones (excluding diaryl/α,β-unsaturated/α-hetero) is 1. The van der Waals surface area contributed by atoms with E-state index in [1.54, 1.807) is 26.6 Å². The number of carbonyl (C=O) groups excluding carboxylic acids is 1. The molecule has 6 nitrogen and oxygen atoms in total. The van der Waals surface area contributed by atoms with Crippen LogP contribution in [0.2, 0.25) is 0 Å². The summed E-state index contributed by atoms with van der Waals surface area (Å²) in [6, 6.07) is 3.64. The Labute approximate surface area is 126 Å². The molecule has 2 aromatic rings. The second-order valence-electron chi connectivity index (χ2n) is 4.76. The van der Waals surface area contributed by atoms with Gasteiger partial charge in [0.1, 0.15) is 6.33 Å². The molecule has 1 atom stereocenters. The first-order valence-electron chi connectivity index (χ1n) is 6.43. The number of aromatic nitrogens is 3. The van der Waals surface area contributed by atoms with E-state index in [0.717, 1.165) is 10.7 Å². The maximum atomic E-state index is 12.5. The van der Waals surface area contributed by atoms with E-state index in [-0.39, 0.29) is 11.0 Å². The molecule has 0 fully saturated rings. The molecule has 0 amide bonds. The quantitative estimate of drug-likeness (QED) is 0.857. The maximum Gasteiger partial charge on any atom is 0.191 e. The van der Waals surface area contributed by atoms with E-state index in [9.17, 15) is 4.79 Å². The van der Waals surface area contributed by atoms with Gasteiger partial charge in [-0.1, -0.05) is 11.8 Å². The zero-order valence-corrected chi connectivity index (χ0v) is 12.8. The number of rotatable bonds is 4. The van der Waals surface area contributed by atoms with Gasteiger partial charge in [-0.25, -0.2) is 0 Å². The lowest BCUT2D eigenvalue weighted by molar-refractivity contribution is 0.1000. The number of hydrogen-bond acceptors (Lipinski definition) is 6. The summed E-state index contributed by atoms with van der Waals surface area (Å²) in [5, 5.41) is 8.41. The highest BCUT2D eigenvalue weighted by Crippen LogP contribution is 2.39. The Morgan fingerprint density at radius 3 is 2.62 bits per heavy atom. The van der Waals surface area contributed by atoms with E-state index in [1.165, 1.54) is 11.8 Å². The van der Waals surface area contributed by atoms with Crippen molar-refractivity contribution in [1.29, 1.82) is 0 Å². The van der Waals surface area contributed by atoms with Crippen LogP contribution in [0.25, 0.3) is 0 Å². The summed E-state index contributed by atoms with van der Waals surface area (Å²) in [7, 11) is 5.02. The maximum absolute atomic E-state index is 12.5. The molecule has 1 heterocycles. The highest BCUT2D eigenvalue weighted by Gasteiger charge is 2.33. The molecular formula is C14H15N3O3S. The molecule has 0 spiro atoms. The Balaban J connectivity index is 1.90. The van der Waals surface area contributed by atoms with Crippen molar-refractivity contribution in [2.24, 2.45) is 7.05 Å². The Morgan fingerprint density at radius 1 is 1.29 bits per heavy atom. The van der Waals surface area contributed by atoms with Crippen LogP contribution in [0.1, 0.15) is 15.9 Å². The summed E-state index contributed by atoms with van der Waals surface area (Å²) in [6.07, 6.45) is 2.28. The van der Waals surface area contributed by atoms with Crippen LogP contribution in [0.15, 0.2) is 23.6 Å². The first-order valence-corrected chi connectivity index (χ1v) is 7.31. The second-order valence-corrected chi connectivity index (χ2v) is 5.93. The molecule has 110 valence electrons. The number of ketones is 1. The van der Waals surface area contributed by atoms with Crippen LogP contribution in [0, 0.1) is 0 Å². The number of aryl methyl sites for hydroxylation is 1. The molecule has 21 heavy (non-hydrogen) atoms. The Hall–Kier alpha value is -2.02.